The van der Waals surface area contributed by atoms with Gasteiger partial charge < -0.3 is 10.4 Å². The summed E-state index contributed by atoms with van der Waals surface area (Å²) >= 11 is 0. The van der Waals surface area contributed by atoms with Crippen molar-refractivity contribution >= 4 is 5.78 Å². The molecule has 6 atom stereocenters. The van der Waals surface area contributed by atoms with Crippen LogP contribution in [0.4, 0.5) is 0 Å². The van der Waals surface area contributed by atoms with Crippen LogP contribution in [0.5, 0.6) is 0 Å². The maximum absolute atomic E-state index is 12.6. The number of hydrogen-bond acceptors (Lipinski definition) is 3. The lowest BCUT2D eigenvalue weighted by atomic mass is 9.34. The molecule has 0 aromatic carbocycles. The topological polar surface area (TPSA) is 49.3 Å². The summed E-state index contributed by atoms with van der Waals surface area (Å²) < 4.78 is 0. The molecular weight excluding hydrogens is 406 g/mol. The fourth-order valence-corrected chi connectivity index (χ4v) is 9.11. The van der Waals surface area contributed by atoms with Gasteiger partial charge >= 0.3 is 0 Å². The van der Waals surface area contributed by atoms with Crippen molar-refractivity contribution in [2.75, 3.05) is 13.6 Å². The maximum Gasteiger partial charge on any atom is 0.220 e. The molecule has 180 valence electrons. The Morgan fingerprint density at radius 2 is 1.70 bits per heavy atom. The molecule has 2 N–H and O–H groups in total. The van der Waals surface area contributed by atoms with Crippen molar-refractivity contribution in [1.29, 1.82) is 0 Å². The molecular formula is C30H43NO2. The van der Waals surface area contributed by atoms with Crippen molar-refractivity contribution in [1.82, 2.24) is 5.32 Å². The van der Waals surface area contributed by atoms with Crippen molar-refractivity contribution in [3.63, 3.8) is 0 Å². The number of carbonyl (C=O) groups is 1. The number of allylic oxidation sites excluding steroid dienone is 7. The van der Waals surface area contributed by atoms with Crippen LogP contribution in [0, 0.1) is 33.0 Å². The Kier molecular flexibility index (Phi) is 4.89. The fourth-order valence-electron chi connectivity index (χ4n) is 9.11. The molecule has 0 amide bonds. The summed E-state index contributed by atoms with van der Waals surface area (Å²) in [5.41, 5.74) is 5.49. The van der Waals surface area contributed by atoms with Crippen LogP contribution in [0.15, 0.2) is 46.3 Å². The molecule has 0 aromatic heterocycles. The summed E-state index contributed by atoms with van der Waals surface area (Å²) in [4.78, 5) is 12.6. The van der Waals surface area contributed by atoms with Gasteiger partial charge in [0.25, 0.3) is 0 Å². The molecule has 0 aromatic rings. The zero-order chi connectivity index (χ0) is 24.0. The highest BCUT2D eigenvalue weighted by molar-refractivity contribution is 6.06. The van der Waals surface area contributed by atoms with E-state index in [1.165, 1.54) is 44.1 Å². The summed E-state index contributed by atoms with van der Waals surface area (Å²) in [5, 5.41) is 13.8. The Morgan fingerprint density at radius 1 is 1.00 bits per heavy atom. The van der Waals surface area contributed by atoms with E-state index in [-0.39, 0.29) is 27.8 Å². The minimum atomic E-state index is -0.230. The van der Waals surface area contributed by atoms with E-state index in [4.69, 9.17) is 0 Å². The molecule has 0 unspecified atom stereocenters. The Labute approximate surface area is 200 Å². The molecule has 5 aliphatic carbocycles. The second-order valence-corrected chi connectivity index (χ2v) is 13.4. The smallest absolute Gasteiger partial charge is 0.220 e. The van der Waals surface area contributed by atoms with Gasteiger partial charge in [-0.2, -0.15) is 0 Å². The zero-order valence-corrected chi connectivity index (χ0v) is 21.8. The fraction of sp³-hybridized carbons (Fsp3) is 0.700. The van der Waals surface area contributed by atoms with Gasteiger partial charge in [-0.05, 0) is 104 Å². The molecule has 0 heterocycles. The van der Waals surface area contributed by atoms with Crippen LogP contribution < -0.4 is 5.32 Å². The Balaban J connectivity index is 1.62. The van der Waals surface area contributed by atoms with Crippen molar-refractivity contribution in [3.05, 3.63) is 46.3 Å². The monoisotopic (exact) mass is 449 g/mol. The highest BCUT2D eigenvalue weighted by Gasteiger charge is 2.66. The quantitative estimate of drug-likeness (QED) is 0.485. The van der Waals surface area contributed by atoms with Crippen LogP contribution in [0.25, 0.3) is 0 Å². The van der Waals surface area contributed by atoms with E-state index in [9.17, 15) is 9.90 Å². The normalized spacial score (nSPS) is 46.9. The van der Waals surface area contributed by atoms with Crippen LogP contribution in [0.3, 0.4) is 0 Å². The Morgan fingerprint density at radius 3 is 2.39 bits per heavy atom. The number of aliphatic hydroxyl groups is 1. The Hall–Kier alpha value is -1.61. The first-order valence-corrected chi connectivity index (χ1v) is 13.1. The van der Waals surface area contributed by atoms with Gasteiger partial charge in [-0.1, -0.05) is 52.3 Å². The average molecular weight is 450 g/mol. The lowest BCUT2D eigenvalue weighted by molar-refractivity contribution is -0.160. The molecule has 0 spiro atoms. The largest absolute Gasteiger partial charge is 0.504 e. The molecule has 5 aliphatic rings. The third-order valence-electron chi connectivity index (χ3n) is 11.6. The zero-order valence-electron chi connectivity index (χ0n) is 21.8. The van der Waals surface area contributed by atoms with E-state index in [2.05, 4.69) is 59.1 Å². The molecule has 5 rings (SSSR count). The van der Waals surface area contributed by atoms with E-state index >= 15 is 0 Å². The lowest BCUT2D eigenvalue weighted by Gasteiger charge is -2.70. The van der Waals surface area contributed by atoms with Gasteiger partial charge in [-0.15, -0.1) is 0 Å². The third kappa shape index (κ3) is 2.87. The molecule has 0 aliphatic heterocycles. The molecule has 0 saturated heterocycles. The lowest BCUT2D eigenvalue weighted by Crippen LogP contribution is -2.62. The first-order valence-electron chi connectivity index (χ1n) is 13.1. The minimum Gasteiger partial charge on any atom is -0.504 e. The van der Waals surface area contributed by atoms with Gasteiger partial charge in [0, 0.05) is 17.5 Å². The van der Waals surface area contributed by atoms with Gasteiger partial charge in [0.15, 0.2) is 5.76 Å². The number of rotatable bonds is 2. The molecule has 3 saturated carbocycles. The van der Waals surface area contributed by atoms with Gasteiger partial charge in [0.2, 0.25) is 5.78 Å². The molecule has 3 nitrogen and oxygen atoms in total. The van der Waals surface area contributed by atoms with Crippen LogP contribution in [0.1, 0.15) is 86.5 Å². The van der Waals surface area contributed by atoms with Crippen molar-refractivity contribution in [2.45, 2.75) is 86.5 Å². The van der Waals surface area contributed by atoms with E-state index in [0.29, 0.717) is 16.7 Å². The van der Waals surface area contributed by atoms with Gasteiger partial charge in [0.05, 0.1) is 0 Å². The van der Waals surface area contributed by atoms with Crippen molar-refractivity contribution in [3.8, 4) is 0 Å². The summed E-state index contributed by atoms with van der Waals surface area (Å²) in [7, 11) is 2.10. The third-order valence-corrected chi connectivity index (χ3v) is 11.6. The molecule has 3 heteroatoms. The number of hydrogen-bond donors (Lipinski definition) is 2. The maximum atomic E-state index is 12.6. The van der Waals surface area contributed by atoms with Crippen LogP contribution in [-0.4, -0.2) is 24.5 Å². The minimum absolute atomic E-state index is 0.0863. The average Bonchev–Trinajstić information content (AvgIpc) is 2.76. The van der Waals surface area contributed by atoms with Crippen LogP contribution in [-0.2, 0) is 4.79 Å². The number of aliphatic hydroxyl groups excluding tert-OH is 1. The van der Waals surface area contributed by atoms with E-state index in [0.717, 1.165) is 29.7 Å². The number of fused-ring (bicyclic) bond motifs is 7. The van der Waals surface area contributed by atoms with Crippen molar-refractivity contribution < 1.29 is 9.90 Å². The van der Waals surface area contributed by atoms with E-state index in [1.807, 2.05) is 6.92 Å². The summed E-state index contributed by atoms with van der Waals surface area (Å²) in [5.74, 6) is 0.392. The molecule has 33 heavy (non-hydrogen) atoms. The van der Waals surface area contributed by atoms with Gasteiger partial charge in [0.1, 0.15) is 0 Å². The van der Waals surface area contributed by atoms with E-state index < -0.39 is 0 Å². The second kappa shape index (κ2) is 6.97. The van der Waals surface area contributed by atoms with Crippen LogP contribution >= 0.6 is 0 Å². The molecule has 0 bridgehead atoms. The second-order valence-electron chi connectivity index (χ2n) is 13.4. The number of nitrogens with one attached hydrogen (secondary N) is 1. The highest BCUT2D eigenvalue weighted by Crippen LogP contribution is 2.75. The predicted octanol–water partition coefficient (Wildman–Crippen LogP) is 6.83. The summed E-state index contributed by atoms with van der Waals surface area (Å²) in [6.45, 7) is 15.6. The van der Waals surface area contributed by atoms with E-state index in [1.54, 1.807) is 6.08 Å². The standard InChI is InChI=1S/C30H43NO2/c1-19-20-8-9-23-28(4,21(20)16-22(32)25(19)33)13-15-30(6)24-17-26(2,18-31-7)10-11-27(24,3)12-14-29(23,30)5/h8-9,16,24,31,33H,10-15,17-18H2,1-7H3/t24-,26-,27-,28+,29-,30+/m1/s1. The number of ketones is 1. The number of carbonyl (C=O) groups excluding carboxylic acids is 1. The first kappa shape index (κ1) is 23.1. The highest BCUT2D eigenvalue weighted by atomic mass is 16.3. The summed E-state index contributed by atoms with van der Waals surface area (Å²) in [6.07, 6.45) is 15.1. The predicted molar refractivity (Wildman–Crippen MR) is 135 cm³/mol. The Bertz CT molecular complexity index is 1050. The van der Waals surface area contributed by atoms with Crippen LogP contribution in [0.2, 0.25) is 0 Å². The first-order chi connectivity index (χ1) is 15.3. The molecule has 3 fully saturated rings. The SMILES string of the molecule is CNC[C@]1(C)CC[C@]2(C)CC[C@]3(C)C4=CC=C5C(=CC(=O)C(O)=C5C)[C@]4(C)CC[C@@]3(C)[C@@H]2C1. The van der Waals surface area contributed by atoms with Gasteiger partial charge in [-0.25, -0.2) is 0 Å². The van der Waals surface area contributed by atoms with Gasteiger partial charge in [-0.3, -0.25) is 4.79 Å². The molecule has 0 radical (unpaired) electrons. The van der Waals surface area contributed by atoms with Crippen molar-refractivity contribution in [2.24, 2.45) is 33.0 Å². The summed E-state index contributed by atoms with van der Waals surface area (Å²) in [6, 6.07) is 0.